The standard InChI is InChI=1S/C21H22ClP.C2H6/c1-4-6-19(7-5-16-22)23(20-12-8-17(2)9-13-20)21-14-10-18(3)11-15-21;1-2/h4-16H,1-3H3;1-2H3/b6-4-,16-5+,19-7+;. The Balaban J connectivity index is 0.00000151. The third-order valence-corrected chi connectivity index (χ3v) is 6.11. The third kappa shape index (κ3) is 6.65. The first-order valence-corrected chi connectivity index (χ1v) is 10.5. The van der Waals surface area contributed by atoms with Crippen molar-refractivity contribution < 1.29 is 0 Å². The van der Waals surface area contributed by atoms with E-state index in [1.54, 1.807) is 5.54 Å². The summed E-state index contributed by atoms with van der Waals surface area (Å²) >= 11 is 5.74. The Labute approximate surface area is 159 Å². The fraction of sp³-hybridized carbons (Fsp3) is 0.217. The second-order valence-corrected chi connectivity index (χ2v) is 7.89. The molecule has 0 bridgehead atoms. The summed E-state index contributed by atoms with van der Waals surface area (Å²) in [5, 5.41) is 3.98. The van der Waals surface area contributed by atoms with Crippen molar-refractivity contribution >= 4 is 30.1 Å². The molecule has 0 spiro atoms. The van der Waals surface area contributed by atoms with Gasteiger partial charge < -0.3 is 0 Å². The molecule has 0 unspecified atom stereocenters. The van der Waals surface area contributed by atoms with Crippen LogP contribution in [-0.2, 0) is 0 Å². The third-order valence-electron chi connectivity index (χ3n) is 3.52. The monoisotopic (exact) mass is 370 g/mol. The molecule has 132 valence electrons. The smallest absolute Gasteiger partial charge is 0.00426 e. The summed E-state index contributed by atoms with van der Waals surface area (Å²) in [6.45, 7) is 10.3. The van der Waals surface area contributed by atoms with Crippen LogP contribution >= 0.6 is 19.5 Å². The summed E-state index contributed by atoms with van der Waals surface area (Å²) in [5.41, 5.74) is 4.12. The van der Waals surface area contributed by atoms with Crippen LogP contribution in [0.25, 0.3) is 0 Å². The van der Waals surface area contributed by atoms with Crippen LogP contribution in [0.15, 0.2) is 83.7 Å². The number of rotatable bonds is 5. The van der Waals surface area contributed by atoms with Crippen LogP contribution in [0.4, 0.5) is 0 Å². The zero-order valence-electron chi connectivity index (χ0n) is 15.8. The highest BCUT2D eigenvalue weighted by Gasteiger charge is 2.16. The predicted octanol–water partition coefficient (Wildman–Crippen LogP) is 6.97. The van der Waals surface area contributed by atoms with Crippen molar-refractivity contribution in [2.75, 3.05) is 0 Å². The average Bonchev–Trinajstić information content (AvgIpc) is 2.64. The van der Waals surface area contributed by atoms with E-state index < -0.39 is 7.92 Å². The first kappa shape index (κ1) is 21.4. The molecule has 0 amide bonds. The van der Waals surface area contributed by atoms with Crippen LogP contribution in [0.5, 0.6) is 0 Å². The van der Waals surface area contributed by atoms with E-state index in [-0.39, 0.29) is 0 Å². The molecule has 0 saturated carbocycles. The van der Waals surface area contributed by atoms with Crippen LogP contribution in [0.2, 0.25) is 0 Å². The lowest BCUT2D eigenvalue weighted by molar-refractivity contribution is 1.48. The highest BCUT2D eigenvalue weighted by atomic mass is 35.5. The summed E-state index contributed by atoms with van der Waals surface area (Å²) in [7, 11) is -0.592. The van der Waals surface area contributed by atoms with Gasteiger partial charge in [-0.3, -0.25) is 0 Å². The number of aryl methyl sites for hydroxylation is 2. The summed E-state index contributed by atoms with van der Waals surface area (Å²) in [6.07, 6.45) is 8.28. The van der Waals surface area contributed by atoms with Crippen LogP contribution in [0.1, 0.15) is 31.9 Å². The lowest BCUT2D eigenvalue weighted by atomic mass is 10.2. The van der Waals surface area contributed by atoms with E-state index >= 15 is 0 Å². The summed E-state index contributed by atoms with van der Waals surface area (Å²) in [4.78, 5) is 0. The minimum atomic E-state index is -0.592. The molecular formula is C23H28ClP. The Bertz CT molecular complexity index is 661. The van der Waals surface area contributed by atoms with Gasteiger partial charge in [-0.2, -0.15) is 0 Å². The molecule has 0 atom stereocenters. The van der Waals surface area contributed by atoms with Crippen molar-refractivity contribution in [1.29, 1.82) is 0 Å². The van der Waals surface area contributed by atoms with Gasteiger partial charge in [0.25, 0.3) is 0 Å². The van der Waals surface area contributed by atoms with Crippen LogP contribution in [0.3, 0.4) is 0 Å². The average molecular weight is 371 g/mol. The zero-order chi connectivity index (χ0) is 18.7. The fourth-order valence-electron chi connectivity index (χ4n) is 2.35. The van der Waals surface area contributed by atoms with Gasteiger partial charge in [-0.1, -0.05) is 109 Å². The van der Waals surface area contributed by atoms with Crippen molar-refractivity contribution in [3.63, 3.8) is 0 Å². The van der Waals surface area contributed by atoms with Crippen LogP contribution in [-0.4, -0.2) is 0 Å². The maximum absolute atomic E-state index is 5.74. The van der Waals surface area contributed by atoms with E-state index in [1.807, 2.05) is 19.9 Å². The molecule has 25 heavy (non-hydrogen) atoms. The first-order valence-electron chi connectivity index (χ1n) is 8.69. The van der Waals surface area contributed by atoms with Crippen molar-refractivity contribution in [3.05, 3.63) is 94.8 Å². The number of hydrogen-bond acceptors (Lipinski definition) is 0. The molecule has 0 saturated heterocycles. The highest BCUT2D eigenvalue weighted by Crippen LogP contribution is 2.43. The number of halogens is 1. The summed E-state index contributed by atoms with van der Waals surface area (Å²) in [6, 6.07) is 17.7. The largest absolute Gasteiger partial charge is 0.0930 e. The second kappa shape index (κ2) is 11.9. The number of hydrogen-bond donors (Lipinski definition) is 0. The molecule has 0 aromatic heterocycles. The Morgan fingerprint density at radius 2 is 1.28 bits per heavy atom. The van der Waals surface area contributed by atoms with E-state index in [9.17, 15) is 0 Å². The van der Waals surface area contributed by atoms with Crippen molar-refractivity contribution in [2.45, 2.75) is 34.6 Å². The van der Waals surface area contributed by atoms with E-state index in [1.165, 1.54) is 27.1 Å². The maximum Gasteiger partial charge on any atom is 0.00426 e. The molecule has 0 heterocycles. The molecule has 0 aliphatic rings. The van der Waals surface area contributed by atoms with E-state index in [0.717, 1.165) is 0 Å². The fourth-order valence-corrected chi connectivity index (χ4v) is 4.74. The van der Waals surface area contributed by atoms with Gasteiger partial charge in [0.05, 0.1) is 0 Å². The minimum absolute atomic E-state index is 0.592. The van der Waals surface area contributed by atoms with Gasteiger partial charge >= 0.3 is 0 Å². The zero-order valence-corrected chi connectivity index (χ0v) is 17.5. The molecule has 2 heteroatoms. The van der Waals surface area contributed by atoms with Crippen molar-refractivity contribution in [1.82, 2.24) is 0 Å². The Morgan fingerprint density at radius 3 is 1.64 bits per heavy atom. The summed E-state index contributed by atoms with van der Waals surface area (Å²) < 4.78 is 0. The Morgan fingerprint density at radius 1 is 0.840 bits per heavy atom. The topological polar surface area (TPSA) is 0 Å². The van der Waals surface area contributed by atoms with Crippen LogP contribution in [0, 0.1) is 13.8 Å². The molecular weight excluding hydrogens is 343 g/mol. The van der Waals surface area contributed by atoms with E-state index in [2.05, 4.69) is 87.5 Å². The minimum Gasteiger partial charge on any atom is -0.0930 e. The van der Waals surface area contributed by atoms with Gasteiger partial charge in [-0.15, -0.1) is 0 Å². The van der Waals surface area contributed by atoms with E-state index in [0.29, 0.717) is 0 Å². The van der Waals surface area contributed by atoms with Crippen molar-refractivity contribution in [2.24, 2.45) is 0 Å². The molecule has 2 aromatic carbocycles. The quantitative estimate of drug-likeness (QED) is 0.393. The Kier molecular flexibility index (Phi) is 10.2. The lowest BCUT2D eigenvalue weighted by Gasteiger charge is -2.20. The van der Waals surface area contributed by atoms with Gasteiger partial charge in [-0.05, 0) is 44.6 Å². The van der Waals surface area contributed by atoms with Gasteiger partial charge in [0.1, 0.15) is 0 Å². The molecule has 0 N–H and O–H groups in total. The lowest BCUT2D eigenvalue weighted by Crippen LogP contribution is -2.12. The molecule has 2 aromatic rings. The van der Waals surface area contributed by atoms with Gasteiger partial charge in [0, 0.05) is 5.54 Å². The number of allylic oxidation sites excluding steroid dienone is 5. The second-order valence-electron chi connectivity index (χ2n) is 5.42. The molecule has 0 radical (unpaired) electrons. The SMILES string of the molecule is CC.C\C=C/C(=C\C=C\Cl)P(c1ccc(C)cc1)c1ccc(C)cc1. The number of benzene rings is 2. The first-order chi connectivity index (χ1) is 12.2. The normalized spacial score (nSPS) is 11.9. The Hall–Kier alpha value is -1.62. The van der Waals surface area contributed by atoms with Crippen LogP contribution < -0.4 is 10.6 Å². The predicted molar refractivity (Wildman–Crippen MR) is 118 cm³/mol. The maximum atomic E-state index is 5.74. The van der Waals surface area contributed by atoms with Crippen molar-refractivity contribution in [3.8, 4) is 0 Å². The molecule has 2 rings (SSSR count). The van der Waals surface area contributed by atoms with Gasteiger partial charge in [0.2, 0.25) is 0 Å². The summed E-state index contributed by atoms with van der Waals surface area (Å²) in [5.74, 6) is 0. The molecule has 0 fully saturated rings. The highest BCUT2D eigenvalue weighted by molar-refractivity contribution is 7.77. The van der Waals surface area contributed by atoms with E-state index in [4.69, 9.17) is 11.6 Å². The molecule has 0 aliphatic carbocycles. The van der Waals surface area contributed by atoms with Gasteiger partial charge in [0.15, 0.2) is 0 Å². The molecule has 0 aliphatic heterocycles. The molecule has 0 nitrogen and oxygen atoms in total. The van der Waals surface area contributed by atoms with Gasteiger partial charge in [-0.25, -0.2) is 0 Å².